The Bertz CT molecular complexity index is 126. The summed E-state index contributed by atoms with van der Waals surface area (Å²) in [5.74, 6) is 0. The molecule has 0 aromatic heterocycles. The van der Waals surface area contributed by atoms with Crippen molar-refractivity contribution in [1.29, 1.82) is 0 Å². The maximum absolute atomic E-state index is 3.81. The second kappa shape index (κ2) is 4.14. The standard InChI is InChI=1S/C9H20Br2Si/c1-9(2,3)7(10)8(11)12(4,5)6/h7-8H,1-6H3. The fourth-order valence-electron chi connectivity index (χ4n) is 0.878. The summed E-state index contributed by atoms with van der Waals surface area (Å²) >= 11 is 7.60. The second-order valence-corrected chi connectivity index (χ2v) is 13.7. The molecule has 0 aromatic rings. The molecule has 0 bridgehead atoms. The molecule has 0 aliphatic heterocycles. The van der Waals surface area contributed by atoms with Crippen LogP contribution in [0.1, 0.15) is 20.8 Å². The predicted molar refractivity (Wildman–Crippen MR) is 68.2 cm³/mol. The fourth-order valence-corrected chi connectivity index (χ4v) is 5.43. The summed E-state index contributed by atoms with van der Waals surface area (Å²) in [7, 11) is -1.06. The van der Waals surface area contributed by atoms with E-state index in [4.69, 9.17) is 0 Å². The Balaban J connectivity index is 4.41. The van der Waals surface area contributed by atoms with Crippen LogP contribution < -0.4 is 0 Å². The van der Waals surface area contributed by atoms with E-state index >= 15 is 0 Å². The van der Waals surface area contributed by atoms with Gasteiger partial charge in [-0.25, -0.2) is 0 Å². The lowest BCUT2D eigenvalue weighted by molar-refractivity contribution is 0.411. The first-order chi connectivity index (χ1) is 5.07. The maximum atomic E-state index is 3.81. The third-order valence-corrected chi connectivity index (χ3v) is 11.6. The third-order valence-electron chi connectivity index (χ3n) is 1.91. The average molecular weight is 316 g/mol. The molecule has 74 valence electrons. The van der Waals surface area contributed by atoms with Gasteiger partial charge in [-0.3, -0.25) is 0 Å². The van der Waals surface area contributed by atoms with E-state index in [1.807, 2.05) is 0 Å². The molecule has 0 amide bonds. The molecule has 0 aromatic carbocycles. The van der Waals surface area contributed by atoms with Crippen molar-refractivity contribution in [2.45, 2.75) is 49.7 Å². The lowest BCUT2D eigenvalue weighted by Gasteiger charge is -2.35. The summed E-state index contributed by atoms with van der Waals surface area (Å²) in [6.07, 6.45) is 0. The van der Waals surface area contributed by atoms with Crippen LogP contribution in [0.4, 0.5) is 0 Å². The van der Waals surface area contributed by atoms with Gasteiger partial charge in [0.1, 0.15) is 0 Å². The largest absolute Gasteiger partial charge is 0.0913 e. The van der Waals surface area contributed by atoms with Gasteiger partial charge in [0.15, 0.2) is 0 Å². The smallest absolute Gasteiger partial charge is 0.0610 e. The minimum absolute atomic E-state index is 0.342. The zero-order valence-electron chi connectivity index (χ0n) is 8.91. The van der Waals surface area contributed by atoms with Crippen LogP contribution in [-0.2, 0) is 0 Å². The van der Waals surface area contributed by atoms with E-state index in [2.05, 4.69) is 72.3 Å². The van der Waals surface area contributed by atoms with E-state index in [0.29, 0.717) is 14.7 Å². The van der Waals surface area contributed by atoms with Gasteiger partial charge in [0.2, 0.25) is 0 Å². The van der Waals surface area contributed by atoms with Gasteiger partial charge in [0.05, 0.1) is 8.07 Å². The monoisotopic (exact) mass is 314 g/mol. The van der Waals surface area contributed by atoms with Crippen molar-refractivity contribution in [3.63, 3.8) is 0 Å². The molecule has 0 aliphatic carbocycles. The number of alkyl halides is 2. The molecule has 2 atom stereocenters. The summed E-state index contributed by atoms with van der Waals surface area (Å²) in [5, 5.41) is 0. The highest BCUT2D eigenvalue weighted by atomic mass is 79.9. The zero-order chi connectivity index (χ0) is 10.2. The highest BCUT2D eigenvalue weighted by Gasteiger charge is 2.36. The first-order valence-electron chi connectivity index (χ1n) is 4.35. The lowest BCUT2D eigenvalue weighted by Crippen LogP contribution is -2.44. The first-order valence-corrected chi connectivity index (χ1v) is 9.76. The molecule has 0 heterocycles. The Morgan fingerprint density at radius 1 is 1.00 bits per heavy atom. The van der Waals surface area contributed by atoms with Crippen molar-refractivity contribution < 1.29 is 0 Å². The Kier molecular flexibility index (Phi) is 4.54. The number of hydrogen-bond donors (Lipinski definition) is 0. The van der Waals surface area contributed by atoms with Gasteiger partial charge in [0, 0.05) is 9.28 Å². The maximum Gasteiger partial charge on any atom is 0.0610 e. The Hall–Kier alpha value is 1.18. The van der Waals surface area contributed by atoms with E-state index in [1.54, 1.807) is 0 Å². The molecule has 0 saturated carbocycles. The third kappa shape index (κ3) is 3.92. The summed E-state index contributed by atoms with van der Waals surface area (Å²) < 4.78 is 0.644. The molecular weight excluding hydrogens is 296 g/mol. The summed E-state index contributed by atoms with van der Waals surface area (Å²) in [5.41, 5.74) is 0.342. The highest BCUT2D eigenvalue weighted by molar-refractivity contribution is 9.12. The van der Waals surface area contributed by atoms with Crippen molar-refractivity contribution in [2.24, 2.45) is 5.41 Å². The van der Waals surface area contributed by atoms with Crippen molar-refractivity contribution in [3.05, 3.63) is 0 Å². The minimum atomic E-state index is -1.06. The van der Waals surface area contributed by atoms with E-state index in [1.165, 1.54) is 0 Å². The molecule has 0 nitrogen and oxygen atoms in total. The molecule has 12 heavy (non-hydrogen) atoms. The van der Waals surface area contributed by atoms with Crippen LogP contribution in [0, 0.1) is 5.41 Å². The number of hydrogen-bond acceptors (Lipinski definition) is 0. The van der Waals surface area contributed by atoms with E-state index in [-0.39, 0.29) is 0 Å². The summed E-state index contributed by atoms with van der Waals surface area (Å²) in [4.78, 5) is 0.566. The zero-order valence-corrected chi connectivity index (χ0v) is 13.1. The molecule has 0 radical (unpaired) electrons. The van der Waals surface area contributed by atoms with Crippen LogP contribution in [0.25, 0.3) is 0 Å². The molecule has 3 heteroatoms. The minimum Gasteiger partial charge on any atom is -0.0913 e. The van der Waals surface area contributed by atoms with Gasteiger partial charge in [-0.2, -0.15) is 0 Å². The normalized spacial score (nSPS) is 19.0. The van der Waals surface area contributed by atoms with Crippen molar-refractivity contribution >= 4 is 39.9 Å². The summed E-state index contributed by atoms with van der Waals surface area (Å²) in [6.45, 7) is 14.0. The van der Waals surface area contributed by atoms with Gasteiger partial charge >= 0.3 is 0 Å². The molecule has 0 aliphatic rings. The van der Waals surface area contributed by atoms with Crippen molar-refractivity contribution in [1.82, 2.24) is 0 Å². The molecule has 0 N–H and O–H groups in total. The predicted octanol–water partition coefficient (Wildman–Crippen LogP) is 4.44. The van der Waals surface area contributed by atoms with Crippen LogP contribution in [-0.4, -0.2) is 17.4 Å². The van der Waals surface area contributed by atoms with Gasteiger partial charge < -0.3 is 0 Å². The number of rotatable bonds is 2. The Morgan fingerprint density at radius 2 is 1.33 bits per heavy atom. The van der Waals surface area contributed by atoms with Crippen molar-refractivity contribution in [2.75, 3.05) is 0 Å². The number of halogens is 2. The fraction of sp³-hybridized carbons (Fsp3) is 1.00. The second-order valence-electron chi connectivity index (χ2n) is 5.54. The molecular formula is C9H20Br2Si. The Morgan fingerprint density at radius 3 is 1.42 bits per heavy atom. The molecule has 2 unspecified atom stereocenters. The van der Waals surface area contributed by atoms with E-state index in [9.17, 15) is 0 Å². The van der Waals surface area contributed by atoms with Crippen molar-refractivity contribution in [3.8, 4) is 0 Å². The van der Waals surface area contributed by atoms with Crippen LogP contribution in [0.5, 0.6) is 0 Å². The highest BCUT2D eigenvalue weighted by Crippen LogP contribution is 2.36. The molecule has 0 saturated heterocycles. The topological polar surface area (TPSA) is 0 Å². The van der Waals surface area contributed by atoms with Crippen LogP contribution >= 0.6 is 31.9 Å². The molecule has 0 fully saturated rings. The van der Waals surface area contributed by atoms with E-state index < -0.39 is 8.07 Å². The van der Waals surface area contributed by atoms with Gasteiger partial charge in [-0.15, -0.1) is 0 Å². The van der Waals surface area contributed by atoms with Gasteiger partial charge in [0.25, 0.3) is 0 Å². The average Bonchev–Trinajstić information content (AvgIpc) is 1.80. The molecule has 0 rings (SSSR count). The quantitative estimate of drug-likeness (QED) is 0.522. The van der Waals surface area contributed by atoms with Crippen LogP contribution in [0.15, 0.2) is 0 Å². The van der Waals surface area contributed by atoms with Crippen LogP contribution in [0.2, 0.25) is 19.6 Å². The van der Waals surface area contributed by atoms with Gasteiger partial charge in [-0.1, -0.05) is 72.3 Å². The summed E-state index contributed by atoms with van der Waals surface area (Å²) in [6, 6.07) is 0. The SMILES string of the molecule is CC(C)(C)C(Br)C(Br)[Si](C)(C)C. The lowest BCUT2D eigenvalue weighted by atomic mass is 9.93. The Labute approximate surface area is 94.8 Å². The van der Waals surface area contributed by atoms with E-state index in [0.717, 1.165) is 0 Å². The molecule has 0 spiro atoms. The first kappa shape index (κ1) is 13.2. The van der Waals surface area contributed by atoms with Gasteiger partial charge in [-0.05, 0) is 5.41 Å². The van der Waals surface area contributed by atoms with Crippen LogP contribution in [0.3, 0.4) is 0 Å².